The molecule has 156 valence electrons. The van der Waals surface area contributed by atoms with Crippen LogP contribution in [0, 0.1) is 0 Å². The van der Waals surface area contributed by atoms with E-state index in [0.717, 1.165) is 11.1 Å². The van der Waals surface area contributed by atoms with Crippen LogP contribution in [0.1, 0.15) is 21.6 Å². The van der Waals surface area contributed by atoms with Crippen molar-refractivity contribution < 1.29 is 9.53 Å². The SMILES string of the molecule is COc1ccccc1Cn1c(=O)c(C(=O)NCCc2ccccc2)nc2cccnc21. The molecular formula is C24H22N4O3. The van der Waals surface area contributed by atoms with Crippen molar-refractivity contribution in [1.82, 2.24) is 19.9 Å². The first kappa shape index (κ1) is 20.3. The maximum atomic E-state index is 13.2. The van der Waals surface area contributed by atoms with Crippen LogP contribution < -0.4 is 15.6 Å². The molecule has 2 aromatic heterocycles. The smallest absolute Gasteiger partial charge is 0.284 e. The fourth-order valence-electron chi connectivity index (χ4n) is 3.42. The van der Waals surface area contributed by atoms with E-state index in [1.807, 2.05) is 54.6 Å². The van der Waals surface area contributed by atoms with Gasteiger partial charge in [-0.3, -0.25) is 14.2 Å². The Kier molecular flexibility index (Phi) is 6.03. The summed E-state index contributed by atoms with van der Waals surface area (Å²) in [6.07, 6.45) is 2.26. The number of nitrogens with zero attached hydrogens (tertiary/aromatic N) is 3. The second-order valence-electron chi connectivity index (χ2n) is 7.00. The number of hydrogen-bond donors (Lipinski definition) is 1. The number of hydrogen-bond acceptors (Lipinski definition) is 5. The molecule has 1 amide bonds. The van der Waals surface area contributed by atoms with Crippen molar-refractivity contribution in [3.63, 3.8) is 0 Å². The third-order valence-electron chi connectivity index (χ3n) is 4.98. The minimum atomic E-state index is -0.500. The van der Waals surface area contributed by atoms with E-state index in [4.69, 9.17) is 4.74 Å². The molecule has 0 fully saturated rings. The Morgan fingerprint density at radius 3 is 2.61 bits per heavy atom. The number of ether oxygens (including phenoxy) is 1. The van der Waals surface area contributed by atoms with E-state index in [9.17, 15) is 9.59 Å². The first-order chi connectivity index (χ1) is 15.2. The summed E-state index contributed by atoms with van der Waals surface area (Å²) in [5, 5.41) is 2.81. The lowest BCUT2D eigenvalue weighted by Crippen LogP contribution is -2.36. The van der Waals surface area contributed by atoms with Crippen LogP contribution in [0.15, 0.2) is 77.7 Å². The number of para-hydroxylation sites is 1. The molecule has 0 aliphatic rings. The molecule has 7 heteroatoms. The van der Waals surface area contributed by atoms with Crippen molar-refractivity contribution in [3.8, 4) is 5.75 Å². The van der Waals surface area contributed by atoms with E-state index in [2.05, 4.69) is 15.3 Å². The third-order valence-corrected chi connectivity index (χ3v) is 4.98. The highest BCUT2D eigenvalue weighted by molar-refractivity contribution is 5.93. The number of nitrogens with one attached hydrogen (secondary N) is 1. The molecule has 0 atom stereocenters. The van der Waals surface area contributed by atoms with E-state index in [1.54, 1.807) is 25.4 Å². The van der Waals surface area contributed by atoms with Crippen molar-refractivity contribution >= 4 is 17.1 Å². The minimum absolute atomic E-state index is 0.150. The lowest BCUT2D eigenvalue weighted by atomic mass is 10.1. The van der Waals surface area contributed by atoms with Crippen LogP contribution in [-0.4, -0.2) is 34.1 Å². The summed E-state index contributed by atoms with van der Waals surface area (Å²) in [5.74, 6) is 0.157. The molecule has 7 nitrogen and oxygen atoms in total. The zero-order valence-electron chi connectivity index (χ0n) is 17.1. The summed E-state index contributed by atoms with van der Waals surface area (Å²) >= 11 is 0. The monoisotopic (exact) mass is 414 g/mol. The fraction of sp³-hybridized carbons (Fsp3) is 0.167. The molecule has 0 aliphatic carbocycles. The zero-order valence-corrected chi connectivity index (χ0v) is 17.1. The summed E-state index contributed by atoms with van der Waals surface area (Å²) < 4.78 is 6.88. The number of benzene rings is 2. The van der Waals surface area contributed by atoms with Gasteiger partial charge >= 0.3 is 0 Å². The number of carbonyl (C=O) groups is 1. The summed E-state index contributed by atoms with van der Waals surface area (Å²) in [4.78, 5) is 34.6. The van der Waals surface area contributed by atoms with Crippen molar-refractivity contribution in [2.24, 2.45) is 0 Å². The van der Waals surface area contributed by atoms with Crippen molar-refractivity contribution in [3.05, 3.63) is 100 Å². The molecular weight excluding hydrogens is 392 g/mol. The number of amides is 1. The number of rotatable bonds is 7. The van der Waals surface area contributed by atoms with E-state index in [1.165, 1.54) is 4.57 Å². The predicted molar refractivity (Wildman–Crippen MR) is 118 cm³/mol. The van der Waals surface area contributed by atoms with Crippen LogP contribution >= 0.6 is 0 Å². The number of methoxy groups -OCH3 is 1. The molecule has 0 bridgehead atoms. The van der Waals surface area contributed by atoms with Gasteiger partial charge in [0.1, 0.15) is 11.3 Å². The van der Waals surface area contributed by atoms with Crippen LogP contribution in [0.4, 0.5) is 0 Å². The minimum Gasteiger partial charge on any atom is -0.496 e. The van der Waals surface area contributed by atoms with Crippen LogP contribution in [0.5, 0.6) is 5.75 Å². The van der Waals surface area contributed by atoms with E-state index < -0.39 is 11.5 Å². The number of pyridine rings is 1. The molecule has 1 N–H and O–H groups in total. The highest BCUT2D eigenvalue weighted by Gasteiger charge is 2.19. The predicted octanol–water partition coefficient (Wildman–Crippen LogP) is 2.82. The topological polar surface area (TPSA) is 86.1 Å². The first-order valence-electron chi connectivity index (χ1n) is 9.97. The molecule has 0 aliphatic heterocycles. The molecule has 31 heavy (non-hydrogen) atoms. The average Bonchev–Trinajstić information content (AvgIpc) is 2.81. The van der Waals surface area contributed by atoms with Crippen molar-refractivity contribution in [2.45, 2.75) is 13.0 Å². The molecule has 0 saturated carbocycles. The van der Waals surface area contributed by atoms with Gasteiger partial charge in [-0.1, -0.05) is 48.5 Å². The largest absolute Gasteiger partial charge is 0.496 e. The molecule has 4 aromatic rings. The molecule has 4 rings (SSSR count). The second kappa shape index (κ2) is 9.21. The maximum Gasteiger partial charge on any atom is 0.284 e. The zero-order chi connectivity index (χ0) is 21.6. The molecule has 0 radical (unpaired) electrons. The summed E-state index contributed by atoms with van der Waals surface area (Å²) in [6, 6.07) is 20.7. The quantitative estimate of drug-likeness (QED) is 0.503. The summed E-state index contributed by atoms with van der Waals surface area (Å²) in [5.41, 5.74) is 2.16. The van der Waals surface area contributed by atoms with Crippen LogP contribution in [0.2, 0.25) is 0 Å². The van der Waals surface area contributed by atoms with Gasteiger partial charge in [0.25, 0.3) is 11.5 Å². The van der Waals surface area contributed by atoms with Gasteiger partial charge in [-0.25, -0.2) is 9.97 Å². The van der Waals surface area contributed by atoms with E-state index >= 15 is 0 Å². The van der Waals surface area contributed by atoms with Gasteiger partial charge in [-0.2, -0.15) is 0 Å². The van der Waals surface area contributed by atoms with Gasteiger partial charge in [-0.05, 0) is 30.2 Å². The molecule has 0 unspecified atom stereocenters. The summed E-state index contributed by atoms with van der Waals surface area (Å²) in [7, 11) is 1.58. The van der Waals surface area contributed by atoms with Crippen molar-refractivity contribution in [1.29, 1.82) is 0 Å². The Morgan fingerprint density at radius 2 is 1.81 bits per heavy atom. The molecule has 0 spiro atoms. The number of carbonyl (C=O) groups excluding carboxylic acids is 1. The Morgan fingerprint density at radius 1 is 1.03 bits per heavy atom. The Labute approximate surface area is 179 Å². The van der Waals surface area contributed by atoms with Gasteiger partial charge in [0.15, 0.2) is 11.3 Å². The lowest BCUT2D eigenvalue weighted by molar-refractivity contribution is 0.0947. The standard InChI is InChI=1S/C24H22N4O3/c1-31-20-12-6-5-10-18(20)16-28-22-19(11-7-14-25-22)27-21(24(28)30)23(29)26-15-13-17-8-3-2-4-9-17/h2-12,14H,13,15-16H2,1H3,(H,26,29). The van der Waals surface area contributed by atoms with Gasteiger partial charge in [0, 0.05) is 18.3 Å². The average molecular weight is 414 g/mol. The highest BCUT2D eigenvalue weighted by atomic mass is 16.5. The second-order valence-corrected chi connectivity index (χ2v) is 7.00. The van der Waals surface area contributed by atoms with Gasteiger partial charge < -0.3 is 10.1 Å². The highest BCUT2D eigenvalue weighted by Crippen LogP contribution is 2.19. The normalized spacial score (nSPS) is 10.7. The molecule has 2 heterocycles. The van der Waals surface area contributed by atoms with Crippen molar-refractivity contribution in [2.75, 3.05) is 13.7 Å². The van der Waals surface area contributed by atoms with Crippen LogP contribution in [0.25, 0.3) is 11.2 Å². The number of fused-ring (bicyclic) bond motifs is 1. The van der Waals surface area contributed by atoms with Gasteiger partial charge in [0.05, 0.1) is 13.7 Å². The summed E-state index contributed by atoms with van der Waals surface area (Å²) in [6.45, 7) is 0.616. The van der Waals surface area contributed by atoms with E-state index in [0.29, 0.717) is 29.9 Å². The Bertz CT molecular complexity index is 1270. The first-order valence-corrected chi connectivity index (χ1v) is 9.97. The molecule has 2 aromatic carbocycles. The Balaban J connectivity index is 1.66. The molecule has 0 saturated heterocycles. The number of aromatic nitrogens is 3. The van der Waals surface area contributed by atoms with Crippen LogP contribution in [0.3, 0.4) is 0 Å². The fourth-order valence-corrected chi connectivity index (χ4v) is 3.42. The van der Waals surface area contributed by atoms with E-state index in [-0.39, 0.29) is 12.2 Å². The van der Waals surface area contributed by atoms with Gasteiger partial charge in [0.2, 0.25) is 0 Å². The Hall–Kier alpha value is -4.00. The van der Waals surface area contributed by atoms with Crippen LogP contribution in [-0.2, 0) is 13.0 Å². The maximum absolute atomic E-state index is 13.2. The third kappa shape index (κ3) is 4.45. The van der Waals surface area contributed by atoms with Gasteiger partial charge in [-0.15, -0.1) is 0 Å². The lowest BCUT2D eigenvalue weighted by Gasteiger charge is -2.13.